The van der Waals surface area contributed by atoms with E-state index in [-0.39, 0.29) is 17.8 Å². The van der Waals surface area contributed by atoms with Crippen LogP contribution in [0, 0.1) is 23.7 Å². The van der Waals surface area contributed by atoms with Gasteiger partial charge in [0.1, 0.15) is 0 Å². The summed E-state index contributed by atoms with van der Waals surface area (Å²) >= 11 is 0. The van der Waals surface area contributed by atoms with Gasteiger partial charge in [-0.05, 0) is 45.4 Å². The first-order valence-corrected chi connectivity index (χ1v) is 8.86. The second kappa shape index (κ2) is 5.30. The zero-order valence-corrected chi connectivity index (χ0v) is 14.1. The van der Waals surface area contributed by atoms with Gasteiger partial charge in [-0.15, -0.1) is 0 Å². The van der Waals surface area contributed by atoms with Crippen molar-refractivity contribution in [3.8, 4) is 0 Å². The van der Waals surface area contributed by atoms with Crippen molar-refractivity contribution in [3.05, 3.63) is 12.2 Å². The molecule has 5 rings (SSSR count). The summed E-state index contributed by atoms with van der Waals surface area (Å²) in [5, 5.41) is 0. The van der Waals surface area contributed by atoms with Crippen LogP contribution in [0.4, 0.5) is 0 Å². The predicted octanol–water partition coefficient (Wildman–Crippen LogP) is 3.34. The van der Waals surface area contributed by atoms with Crippen molar-refractivity contribution >= 4 is 5.97 Å². The second-order valence-corrected chi connectivity index (χ2v) is 7.76. The summed E-state index contributed by atoms with van der Waals surface area (Å²) in [5.41, 5.74) is -0.645. The minimum Gasteiger partial charge on any atom is -0.432 e. The smallest absolute Gasteiger partial charge is 0.312 e. The van der Waals surface area contributed by atoms with E-state index in [9.17, 15) is 4.79 Å². The van der Waals surface area contributed by atoms with E-state index in [0.717, 1.165) is 25.7 Å². The van der Waals surface area contributed by atoms with Crippen LogP contribution < -0.4 is 0 Å². The van der Waals surface area contributed by atoms with E-state index in [1.54, 1.807) is 0 Å². The highest BCUT2D eigenvalue weighted by molar-refractivity contribution is 5.74. The van der Waals surface area contributed by atoms with Crippen LogP contribution in [0.1, 0.15) is 52.9 Å². The molecule has 23 heavy (non-hydrogen) atoms. The summed E-state index contributed by atoms with van der Waals surface area (Å²) in [7, 11) is 0. The van der Waals surface area contributed by atoms with Crippen LogP contribution in [0.5, 0.6) is 0 Å². The number of fused-ring (bicyclic) bond motifs is 2. The van der Waals surface area contributed by atoms with Crippen LogP contribution in [0.2, 0.25) is 0 Å². The molecule has 7 atom stereocenters. The van der Waals surface area contributed by atoms with Gasteiger partial charge in [0.05, 0.1) is 5.92 Å². The molecule has 5 fully saturated rings. The Hall–Kier alpha value is -0.910. The van der Waals surface area contributed by atoms with Crippen LogP contribution in [-0.4, -0.2) is 23.6 Å². The Morgan fingerprint density at radius 2 is 2.04 bits per heavy atom. The zero-order chi connectivity index (χ0) is 16.2. The molecule has 2 bridgehead atoms. The number of ether oxygens (including phenoxy) is 2. The summed E-state index contributed by atoms with van der Waals surface area (Å²) < 4.78 is 11.8. The summed E-state index contributed by atoms with van der Waals surface area (Å²) in [6, 6.07) is 0. The lowest BCUT2D eigenvalue weighted by Crippen LogP contribution is -2.69. The van der Waals surface area contributed by atoms with E-state index in [2.05, 4.69) is 6.92 Å². The van der Waals surface area contributed by atoms with Gasteiger partial charge in [-0.25, -0.2) is 9.78 Å². The van der Waals surface area contributed by atoms with Crippen LogP contribution in [0.25, 0.3) is 0 Å². The van der Waals surface area contributed by atoms with Gasteiger partial charge < -0.3 is 9.47 Å². The van der Waals surface area contributed by atoms with Crippen molar-refractivity contribution < 1.29 is 24.0 Å². The normalized spacial score (nSPS) is 52.1. The summed E-state index contributed by atoms with van der Waals surface area (Å²) in [5.74, 6) is -0.233. The second-order valence-electron chi connectivity index (χ2n) is 7.76. The number of rotatable bonds is 2. The van der Waals surface area contributed by atoms with Crippen molar-refractivity contribution in [3.63, 3.8) is 0 Å². The van der Waals surface area contributed by atoms with E-state index in [0.29, 0.717) is 18.3 Å². The summed E-state index contributed by atoms with van der Waals surface area (Å²) in [6.07, 6.45) is 7.90. The van der Waals surface area contributed by atoms with Crippen LogP contribution in [0.3, 0.4) is 0 Å². The topological polar surface area (TPSA) is 54.0 Å². The molecule has 0 aromatic carbocycles. The minimum absolute atomic E-state index is 0.0915. The van der Waals surface area contributed by atoms with Crippen molar-refractivity contribution in [2.24, 2.45) is 23.7 Å². The molecule has 5 nitrogen and oxygen atoms in total. The lowest BCUT2D eigenvalue weighted by atomic mass is 9.57. The van der Waals surface area contributed by atoms with E-state index in [1.807, 2.05) is 26.0 Å². The first-order valence-electron chi connectivity index (χ1n) is 8.86. The minimum atomic E-state index is -0.812. The molecule has 0 radical (unpaired) electrons. The Labute approximate surface area is 137 Å². The van der Waals surface area contributed by atoms with Gasteiger partial charge in [0.25, 0.3) is 0 Å². The number of allylic oxidation sites excluding steroid dienone is 2. The van der Waals surface area contributed by atoms with Gasteiger partial charge in [0.2, 0.25) is 12.1 Å². The molecule has 0 aromatic heterocycles. The number of esters is 1. The first-order chi connectivity index (χ1) is 11.0. The molecular weight excluding hydrogens is 296 g/mol. The Balaban J connectivity index is 1.77. The third kappa shape index (κ3) is 2.13. The number of hydrogen-bond acceptors (Lipinski definition) is 5. The van der Waals surface area contributed by atoms with Gasteiger partial charge in [0.15, 0.2) is 5.60 Å². The van der Waals surface area contributed by atoms with E-state index >= 15 is 0 Å². The van der Waals surface area contributed by atoms with Gasteiger partial charge in [-0.1, -0.05) is 19.1 Å². The zero-order valence-electron chi connectivity index (χ0n) is 14.1. The highest BCUT2D eigenvalue weighted by atomic mass is 17.3. The molecule has 0 unspecified atom stereocenters. The molecule has 1 saturated carbocycles. The molecule has 5 heteroatoms. The lowest BCUT2D eigenvalue weighted by Gasteiger charge is -2.58. The maximum absolute atomic E-state index is 12.6. The molecule has 0 N–H and O–H groups in total. The third-order valence-corrected chi connectivity index (χ3v) is 6.41. The van der Waals surface area contributed by atoms with Crippen molar-refractivity contribution in [2.75, 3.05) is 0 Å². The van der Waals surface area contributed by atoms with Gasteiger partial charge in [0, 0.05) is 18.3 Å². The molecule has 0 aromatic rings. The highest BCUT2D eigenvalue weighted by Gasteiger charge is 2.70. The fourth-order valence-corrected chi connectivity index (χ4v) is 5.16. The standard InChI is InChI=1S/C18H26O5/c1-4-5-6-12-14-8-7-11(2)13-9-10-17(3)21-16(20-15(12)19)18(13,14)23-22-17/h4-5,11-14,16H,6-10H2,1-3H3/b5-4+/t11-,12+,13+,14+,16-,17-,18-/m1/s1. The third-order valence-electron chi connectivity index (χ3n) is 6.41. The Bertz CT molecular complexity index is 532. The fraction of sp³-hybridized carbons (Fsp3) is 0.833. The number of hydrogen-bond donors (Lipinski definition) is 0. The van der Waals surface area contributed by atoms with E-state index in [4.69, 9.17) is 19.2 Å². The molecule has 5 aliphatic rings. The van der Waals surface area contributed by atoms with E-state index < -0.39 is 17.7 Å². The average Bonchev–Trinajstić information content (AvgIpc) is 2.74. The van der Waals surface area contributed by atoms with Crippen molar-refractivity contribution in [1.29, 1.82) is 0 Å². The molecule has 0 amide bonds. The highest BCUT2D eigenvalue weighted by Crippen LogP contribution is 2.60. The van der Waals surface area contributed by atoms with Crippen molar-refractivity contribution in [2.45, 2.75) is 70.6 Å². The number of carbonyl (C=O) groups excluding carboxylic acids is 1. The van der Waals surface area contributed by atoms with Crippen LogP contribution in [-0.2, 0) is 24.0 Å². The number of carbonyl (C=O) groups is 1. The predicted molar refractivity (Wildman–Crippen MR) is 81.8 cm³/mol. The van der Waals surface area contributed by atoms with Crippen LogP contribution >= 0.6 is 0 Å². The summed E-state index contributed by atoms with van der Waals surface area (Å²) in [4.78, 5) is 24.4. The van der Waals surface area contributed by atoms with Crippen LogP contribution in [0.15, 0.2) is 12.2 Å². The average molecular weight is 322 g/mol. The van der Waals surface area contributed by atoms with Gasteiger partial charge >= 0.3 is 5.97 Å². The molecule has 4 heterocycles. The van der Waals surface area contributed by atoms with Gasteiger partial charge in [-0.2, -0.15) is 0 Å². The van der Waals surface area contributed by atoms with Crippen molar-refractivity contribution in [1.82, 2.24) is 0 Å². The monoisotopic (exact) mass is 322 g/mol. The fourth-order valence-electron chi connectivity index (χ4n) is 5.16. The molecule has 4 aliphatic heterocycles. The first kappa shape index (κ1) is 15.6. The Morgan fingerprint density at radius 3 is 2.83 bits per heavy atom. The molecule has 4 saturated heterocycles. The Morgan fingerprint density at radius 1 is 1.22 bits per heavy atom. The molecule has 1 spiro atoms. The maximum Gasteiger partial charge on any atom is 0.312 e. The molecule has 1 aliphatic carbocycles. The van der Waals surface area contributed by atoms with E-state index in [1.165, 1.54) is 0 Å². The molecular formula is C18H26O5. The quantitative estimate of drug-likeness (QED) is 0.443. The SMILES string of the molecule is C/C=C/C[C@@H]1C(=O)O[C@@H]2O[C@@]3(C)CC[C@H]4[C@H](C)CC[C@@H]1[C@@]24OO3. The maximum atomic E-state index is 12.6. The largest absolute Gasteiger partial charge is 0.432 e. The lowest BCUT2D eigenvalue weighted by molar-refractivity contribution is -0.559. The Kier molecular flexibility index (Phi) is 3.59. The summed E-state index contributed by atoms with van der Waals surface area (Å²) in [6.45, 7) is 6.12. The van der Waals surface area contributed by atoms with Gasteiger partial charge in [-0.3, -0.25) is 4.79 Å². The molecule has 128 valence electrons.